The summed E-state index contributed by atoms with van der Waals surface area (Å²) in [5.74, 6) is -0.510. The van der Waals surface area contributed by atoms with Crippen molar-refractivity contribution >= 4 is 32.6 Å². The summed E-state index contributed by atoms with van der Waals surface area (Å²) in [7, 11) is 0. The van der Waals surface area contributed by atoms with E-state index in [1.807, 2.05) is 0 Å². The Morgan fingerprint density at radius 2 is 2.14 bits per heavy atom. The maximum Gasteiger partial charge on any atom is 0.573 e. The van der Waals surface area contributed by atoms with Gasteiger partial charge in [-0.25, -0.2) is 4.98 Å². The number of carbonyl (C=O) groups is 1. The Morgan fingerprint density at radius 3 is 2.82 bits per heavy atom. The minimum Gasteiger partial charge on any atom is -0.406 e. The summed E-state index contributed by atoms with van der Waals surface area (Å²) < 4.78 is 40.8. The highest BCUT2D eigenvalue weighted by Gasteiger charge is 2.31. The fraction of sp³-hybridized carbons (Fsp3) is 0.385. The van der Waals surface area contributed by atoms with Gasteiger partial charge in [-0.2, -0.15) is 0 Å². The number of rotatable bonds is 6. The van der Waals surface area contributed by atoms with Gasteiger partial charge in [-0.3, -0.25) is 4.79 Å². The third kappa shape index (κ3) is 4.85. The number of nitrogens with one attached hydrogen (secondary N) is 1. The Morgan fingerprint density at radius 1 is 1.36 bits per heavy atom. The number of thiazole rings is 1. The third-order valence-corrected chi connectivity index (χ3v) is 3.63. The molecule has 22 heavy (non-hydrogen) atoms. The molecule has 9 heteroatoms. The highest BCUT2D eigenvalue weighted by atomic mass is 32.1. The number of benzene rings is 1. The number of unbranched alkanes of at least 4 members (excludes halogenated alkanes) is 1. The Bertz CT molecular complexity index is 658. The topological polar surface area (TPSA) is 77.2 Å². The number of ether oxygens (including phenoxy) is 1. The fourth-order valence-electron chi connectivity index (χ4n) is 1.77. The highest BCUT2D eigenvalue weighted by molar-refractivity contribution is 7.22. The molecule has 0 aliphatic heterocycles. The number of halogens is 3. The number of hydrogen-bond acceptors (Lipinski definition) is 5. The average molecular weight is 333 g/mol. The SMILES string of the molecule is NCCCCC(=O)Nc1nc2ccc(OC(F)(F)F)cc2s1. The van der Waals surface area contributed by atoms with Gasteiger partial charge in [0.1, 0.15) is 5.75 Å². The zero-order valence-corrected chi connectivity index (χ0v) is 12.3. The molecule has 1 amide bonds. The van der Waals surface area contributed by atoms with Crippen molar-refractivity contribution in [3.8, 4) is 5.75 Å². The van der Waals surface area contributed by atoms with E-state index >= 15 is 0 Å². The molecule has 120 valence electrons. The summed E-state index contributed by atoms with van der Waals surface area (Å²) >= 11 is 1.09. The molecule has 0 aliphatic carbocycles. The fourth-order valence-corrected chi connectivity index (χ4v) is 2.68. The van der Waals surface area contributed by atoms with Gasteiger partial charge in [0.2, 0.25) is 5.91 Å². The number of carbonyl (C=O) groups excluding carboxylic acids is 1. The second kappa shape index (κ2) is 6.93. The Labute approximate surface area is 128 Å². The molecule has 2 aromatic rings. The van der Waals surface area contributed by atoms with Crippen molar-refractivity contribution in [3.63, 3.8) is 0 Å². The lowest BCUT2D eigenvalue weighted by Gasteiger charge is -2.07. The van der Waals surface area contributed by atoms with Gasteiger partial charge in [0.05, 0.1) is 10.2 Å². The number of nitrogens with zero attached hydrogens (tertiary/aromatic N) is 1. The van der Waals surface area contributed by atoms with Crippen LogP contribution in [-0.4, -0.2) is 23.8 Å². The molecule has 0 saturated heterocycles. The molecular weight excluding hydrogens is 319 g/mol. The second-order valence-corrected chi connectivity index (χ2v) is 5.52. The van der Waals surface area contributed by atoms with E-state index in [-0.39, 0.29) is 11.7 Å². The minimum atomic E-state index is -4.74. The number of amides is 1. The predicted molar refractivity (Wildman–Crippen MR) is 77.8 cm³/mol. The summed E-state index contributed by atoms with van der Waals surface area (Å²) in [5.41, 5.74) is 5.84. The largest absolute Gasteiger partial charge is 0.573 e. The first-order chi connectivity index (χ1) is 10.4. The second-order valence-electron chi connectivity index (χ2n) is 4.49. The summed E-state index contributed by atoms with van der Waals surface area (Å²) in [5, 5.41) is 2.97. The Balaban J connectivity index is 2.05. The summed E-state index contributed by atoms with van der Waals surface area (Å²) in [6.07, 6.45) is -2.98. The van der Waals surface area contributed by atoms with Crippen LogP contribution >= 0.6 is 11.3 Å². The van der Waals surface area contributed by atoms with E-state index in [1.54, 1.807) is 0 Å². The van der Waals surface area contributed by atoms with Crippen LogP contribution in [0.15, 0.2) is 18.2 Å². The molecule has 1 heterocycles. The highest BCUT2D eigenvalue weighted by Crippen LogP contribution is 2.31. The van der Waals surface area contributed by atoms with E-state index in [0.717, 1.165) is 17.8 Å². The van der Waals surface area contributed by atoms with Crippen LogP contribution < -0.4 is 15.8 Å². The van der Waals surface area contributed by atoms with E-state index in [9.17, 15) is 18.0 Å². The van der Waals surface area contributed by atoms with Crippen molar-refractivity contribution in [1.29, 1.82) is 0 Å². The minimum absolute atomic E-state index is 0.195. The average Bonchev–Trinajstić information content (AvgIpc) is 2.78. The molecule has 1 aromatic carbocycles. The van der Waals surface area contributed by atoms with Crippen molar-refractivity contribution in [1.82, 2.24) is 4.98 Å². The molecule has 1 aromatic heterocycles. The molecule has 0 fully saturated rings. The lowest BCUT2D eigenvalue weighted by molar-refractivity contribution is -0.274. The monoisotopic (exact) mass is 333 g/mol. The number of aromatic nitrogens is 1. The van der Waals surface area contributed by atoms with Crippen LogP contribution in [0.5, 0.6) is 5.75 Å². The van der Waals surface area contributed by atoms with E-state index in [0.29, 0.717) is 34.7 Å². The van der Waals surface area contributed by atoms with Crippen LogP contribution in [-0.2, 0) is 4.79 Å². The van der Waals surface area contributed by atoms with E-state index < -0.39 is 6.36 Å². The molecule has 0 aliphatic rings. The van der Waals surface area contributed by atoms with Crippen molar-refractivity contribution in [2.24, 2.45) is 5.73 Å². The van der Waals surface area contributed by atoms with Crippen LogP contribution in [0.4, 0.5) is 18.3 Å². The van der Waals surface area contributed by atoms with Crippen LogP contribution in [0.2, 0.25) is 0 Å². The molecule has 2 rings (SSSR count). The maximum atomic E-state index is 12.2. The van der Waals surface area contributed by atoms with Crippen molar-refractivity contribution < 1.29 is 22.7 Å². The lowest BCUT2D eigenvalue weighted by atomic mass is 10.2. The van der Waals surface area contributed by atoms with Crippen molar-refractivity contribution in [2.75, 3.05) is 11.9 Å². The molecule has 0 radical (unpaired) electrons. The standard InChI is InChI=1S/C13H14F3N3O2S/c14-13(15,16)21-8-4-5-9-10(7-8)22-12(18-9)19-11(20)3-1-2-6-17/h4-5,7H,1-3,6,17H2,(H,18,19,20). The van der Waals surface area contributed by atoms with Gasteiger partial charge in [-0.1, -0.05) is 11.3 Å². The first-order valence-corrected chi connectivity index (χ1v) is 7.35. The van der Waals surface area contributed by atoms with Crippen molar-refractivity contribution in [3.05, 3.63) is 18.2 Å². The zero-order chi connectivity index (χ0) is 16.2. The summed E-state index contributed by atoms with van der Waals surface area (Å²) in [6.45, 7) is 0.524. The maximum absolute atomic E-state index is 12.2. The molecular formula is C13H14F3N3O2S. The number of fused-ring (bicyclic) bond motifs is 1. The van der Waals surface area contributed by atoms with Gasteiger partial charge in [0.15, 0.2) is 5.13 Å². The molecule has 0 bridgehead atoms. The first kappa shape index (κ1) is 16.5. The zero-order valence-electron chi connectivity index (χ0n) is 11.4. The Kier molecular flexibility index (Phi) is 5.19. The third-order valence-electron chi connectivity index (χ3n) is 2.70. The smallest absolute Gasteiger partial charge is 0.406 e. The number of anilines is 1. The predicted octanol–water partition coefficient (Wildman–Crippen LogP) is 3.26. The van der Waals surface area contributed by atoms with Crippen LogP contribution in [0.1, 0.15) is 19.3 Å². The van der Waals surface area contributed by atoms with Crippen LogP contribution in [0.3, 0.4) is 0 Å². The number of hydrogen-bond donors (Lipinski definition) is 2. The number of alkyl halides is 3. The van der Waals surface area contributed by atoms with Crippen LogP contribution in [0, 0.1) is 0 Å². The van der Waals surface area contributed by atoms with Gasteiger partial charge in [-0.05, 0) is 31.5 Å². The molecule has 0 saturated carbocycles. The van der Waals surface area contributed by atoms with E-state index in [1.165, 1.54) is 18.2 Å². The molecule has 5 nitrogen and oxygen atoms in total. The molecule has 0 unspecified atom stereocenters. The first-order valence-electron chi connectivity index (χ1n) is 6.53. The van der Waals surface area contributed by atoms with Gasteiger partial charge >= 0.3 is 6.36 Å². The van der Waals surface area contributed by atoms with Gasteiger partial charge in [-0.15, -0.1) is 13.2 Å². The number of nitrogens with two attached hydrogens (primary N) is 1. The lowest BCUT2D eigenvalue weighted by Crippen LogP contribution is -2.16. The van der Waals surface area contributed by atoms with E-state index in [2.05, 4.69) is 15.0 Å². The Hall–Kier alpha value is -1.87. The quantitative estimate of drug-likeness (QED) is 0.796. The van der Waals surface area contributed by atoms with Crippen LogP contribution in [0.25, 0.3) is 10.2 Å². The van der Waals surface area contributed by atoms with Gasteiger partial charge in [0.25, 0.3) is 0 Å². The van der Waals surface area contributed by atoms with Crippen molar-refractivity contribution in [2.45, 2.75) is 25.6 Å². The van der Waals surface area contributed by atoms with Gasteiger partial charge in [0, 0.05) is 12.5 Å². The molecule has 0 spiro atoms. The normalized spacial score (nSPS) is 11.6. The summed E-state index contributed by atoms with van der Waals surface area (Å²) in [4.78, 5) is 15.8. The van der Waals surface area contributed by atoms with E-state index in [4.69, 9.17) is 5.73 Å². The van der Waals surface area contributed by atoms with Gasteiger partial charge < -0.3 is 15.8 Å². The summed E-state index contributed by atoms with van der Waals surface area (Å²) in [6, 6.07) is 3.84. The molecule has 3 N–H and O–H groups in total. The molecule has 0 atom stereocenters.